The molecule has 8 heteroatoms. The number of aromatic nitrogens is 1. The predicted molar refractivity (Wildman–Crippen MR) is 109 cm³/mol. The maximum absolute atomic E-state index is 12.2. The van der Waals surface area contributed by atoms with Crippen molar-refractivity contribution in [2.75, 3.05) is 12.3 Å². The zero-order valence-electron chi connectivity index (χ0n) is 15.6. The van der Waals surface area contributed by atoms with Crippen molar-refractivity contribution in [2.24, 2.45) is 0 Å². The molecule has 0 fully saturated rings. The zero-order chi connectivity index (χ0) is 20.0. The molecule has 1 aliphatic rings. The average Bonchev–Trinajstić information content (AvgIpc) is 3.08. The molecule has 1 aliphatic carbocycles. The summed E-state index contributed by atoms with van der Waals surface area (Å²) in [6.07, 6.45) is 6.19. The lowest BCUT2D eigenvalue weighted by Gasteiger charge is -2.06. The maximum atomic E-state index is 12.2. The first kappa shape index (κ1) is 20.5. The third kappa shape index (κ3) is 5.88. The number of carbonyl (C=O) groups excluding carboxylic acids is 1. The summed E-state index contributed by atoms with van der Waals surface area (Å²) < 4.78 is 24.4. The molecule has 2 aromatic rings. The Morgan fingerprint density at radius 3 is 2.68 bits per heavy atom. The highest BCUT2D eigenvalue weighted by Gasteiger charge is 2.18. The highest BCUT2D eigenvalue weighted by Crippen LogP contribution is 2.27. The number of carbonyl (C=O) groups is 1. The molecular weight excluding hydrogens is 394 g/mol. The second-order valence-corrected chi connectivity index (χ2v) is 10.2. The van der Waals surface area contributed by atoms with Crippen molar-refractivity contribution < 1.29 is 13.2 Å². The molecule has 1 amide bonds. The molecule has 1 N–H and O–H groups in total. The molecule has 0 atom stereocenters. The molecular formula is C20H23N3O3S2. The number of fused-ring (bicyclic) bond motifs is 1. The minimum Gasteiger partial charge on any atom is -0.355 e. The molecule has 0 saturated heterocycles. The summed E-state index contributed by atoms with van der Waals surface area (Å²) >= 11 is 1.77. The predicted octanol–water partition coefficient (Wildman–Crippen LogP) is 2.56. The van der Waals surface area contributed by atoms with E-state index in [1.165, 1.54) is 23.4 Å². The van der Waals surface area contributed by atoms with Crippen molar-refractivity contribution in [3.63, 3.8) is 0 Å². The number of nitrogens with zero attached hydrogens (tertiary/aromatic N) is 2. The molecule has 0 bridgehead atoms. The van der Waals surface area contributed by atoms with Gasteiger partial charge >= 0.3 is 0 Å². The van der Waals surface area contributed by atoms with Crippen molar-refractivity contribution in [1.82, 2.24) is 10.3 Å². The number of nitriles is 1. The van der Waals surface area contributed by atoms with E-state index in [-0.39, 0.29) is 5.75 Å². The fraction of sp³-hybridized carbons (Fsp3) is 0.450. The molecule has 1 aromatic heterocycles. The molecule has 3 rings (SSSR count). The van der Waals surface area contributed by atoms with Gasteiger partial charge in [0.2, 0.25) is 5.91 Å². The van der Waals surface area contributed by atoms with Gasteiger partial charge in [-0.3, -0.25) is 4.79 Å². The fourth-order valence-electron chi connectivity index (χ4n) is 3.21. The van der Waals surface area contributed by atoms with Crippen molar-refractivity contribution >= 4 is 27.1 Å². The number of thiazole rings is 1. The molecule has 28 heavy (non-hydrogen) atoms. The quantitative estimate of drug-likeness (QED) is 0.666. The Kier molecular flexibility index (Phi) is 6.81. The Hall–Kier alpha value is -2.24. The number of aryl methyl sites for hydroxylation is 3. The first-order valence-corrected chi connectivity index (χ1v) is 12.0. The van der Waals surface area contributed by atoms with Crippen LogP contribution in [0.4, 0.5) is 0 Å². The van der Waals surface area contributed by atoms with Gasteiger partial charge in [-0.2, -0.15) is 5.26 Å². The van der Waals surface area contributed by atoms with Crippen LogP contribution in [0, 0.1) is 11.3 Å². The van der Waals surface area contributed by atoms with Gasteiger partial charge in [0.15, 0.2) is 9.84 Å². The van der Waals surface area contributed by atoms with Crippen LogP contribution in [0.3, 0.4) is 0 Å². The number of amides is 1. The van der Waals surface area contributed by atoms with Crippen LogP contribution in [0.2, 0.25) is 0 Å². The average molecular weight is 418 g/mol. The van der Waals surface area contributed by atoms with Gasteiger partial charge in [0.25, 0.3) is 0 Å². The number of sulfone groups is 1. The topological polar surface area (TPSA) is 99.9 Å². The Balaban J connectivity index is 1.40. The van der Waals surface area contributed by atoms with Gasteiger partial charge in [0.1, 0.15) is 5.75 Å². The van der Waals surface area contributed by atoms with Gasteiger partial charge in [0.05, 0.1) is 28.1 Å². The standard InChI is InChI=1S/C20H23N3O3S2/c21-12-15-7-9-16(10-8-15)13-28(25,26)14-19(24)22-11-3-6-20-23-17-4-1-2-5-18(17)27-20/h7-10H,1-6,11,13-14H2,(H,22,24). The minimum atomic E-state index is -3.55. The molecule has 0 aliphatic heterocycles. The van der Waals surface area contributed by atoms with E-state index >= 15 is 0 Å². The monoisotopic (exact) mass is 417 g/mol. The normalized spacial score (nSPS) is 13.5. The minimum absolute atomic E-state index is 0.212. The number of benzene rings is 1. The van der Waals surface area contributed by atoms with Crippen molar-refractivity contribution in [1.29, 1.82) is 5.26 Å². The summed E-state index contributed by atoms with van der Waals surface area (Å²) in [4.78, 5) is 18.1. The molecule has 148 valence electrons. The third-order valence-corrected chi connectivity index (χ3v) is 7.29. The summed E-state index contributed by atoms with van der Waals surface area (Å²) in [5.41, 5.74) is 2.28. The van der Waals surface area contributed by atoms with Gasteiger partial charge in [0, 0.05) is 17.8 Å². The first-order valence-electron chi connectivity index (χ1n) is 9.39. The van der Waals surface area contributed by atoms with Crippen LogP contribution in [-0.4, -0.2) is 31.6 Å². The number of rotatable bonds is 8. The molecule has 0 unspecified atom stereocenters. The molecule has 0 radical (unpaired) electrons. The second kappa shape index (κ2) is 9.30. The van der Waals surface area contributed by atoms with Crippen molar-refractivity contribution in [3.05, 3.63) is 51.0 Å². The van der Waals surface area contributed by atoms with E-state index < -0.39 is 21.5 Å². The van der Waals surface area contributed by atoms with E-state index in [9.17, 15) is 13.2 Å². The van der Waals surface area contributed by atoms with Crippen LogP contribution in [0.5, 0.6) is 0 Å². The summed E-state index contributed by atoms with van der Waals surface area (Å²) in [7, 11) is -3.55. The smallest absolute Gasteiger partial charge is 0.235 e. The van der Waals surface area contributed by atoms with Crippen LogP contribution >= 0.6 is 11.3 Å². The Bertz CT molecular complexity index is 950. The van der Waals surface area contributed by atoms with E-state index in [0.717, 1.165) is 30.7 Å². The lowest BCUT2D eigenvalue weighted by Crippen LogP contribution is -2.31. The fourth-order valence-corrected chi connectivity index (χ4v) is 5.71. The van der Waals surface area contributed by atoms with Crippen LogP contribution in [0.1, 0.15) is 46.0 Å². The number of hydrogen-bond donors (Lipinski definition) is 1. The van der Waals surface area contributed by atoms with Gasteiger partial charge in [-0.1, -0.05) is 12.1 Å². The second-order valence-electron chi connectivity index (χ2n) is 6.98. The van der Waals surface area contributed by atoms with Crippen molar-refractivity contribution in [2.45, 2.75) is 44.3 Å². The van der Waals surface area contributed by atoms with Gasteiger partial charge in [-0.05, 0) is 49.8 Å². The number of hydrogen-bond acceptors (Lipinski definition) is 6. The molecule has 6 nitrogen and oxygen atoms in total. The van der Waals surface area contributed by atoms with Gasteiger partial charge in [-0.15, -0.1) is 11.3 Å². The lowest BCUT2D eigenvalue weighted by molar-refractivity contribution is -0.118. The molecule has 1 heterocycles. The lowest BCUT2D eigenvalue weighted by atomic mass is 10.0. The van der Waals surface area contributed by atoms with Gasteiger partial charge < -0.3 is 5.32 Å². The van der Waals surface area contributed by atoms with Gasteiger partial charge in [-0.25, -0.2) is 13.4 Å². The summed E-state index contributed by atoms with van der Waals surface area (Å²) in [5.74, 6) is -1.22. The molecule has 0 spiro atoms. The SMILES string of the molecule is N#Cc1ccc(CS(=O)(=O)CC(=O)NCCCc2nc3c(s2)CCCC3)cc1. The van der Waals surface area contributed by atoms with Crippen LogP contribution in [-0.2, 0) is 39.6 Å². The summed E-state index contributed by atoms with van der Waals surface area (Å²) in [6.45, 7) is 0.440. The van der Waals surface area contributed by atoms with E-state index in [0.29, 0.717) is 17.7 Å². The zero-order valence-corrected chi connectivity index (χ0v) is 17.2. The highest BCUT2D eigenvalue weighted by atomic mass is 32.2. The van der Waals surface area contributed by atoms with E-state index in [4.69, 9.17) is 5.26 Å². The Morgan fingerprint density at radius 1 is 1.21 bits per heavy atom. The molecule has 1 aromatic carbocycles. The summed E-state index contributed by atoms with van der Waals surface area (Å²) in [5, 5.41) is 12.6. The third-order valence-electron chi connectivity index (χ3n) is 4.60. The van der Waals surface area contributed by atoms with Crippen LogP contribution in [0.15, 0.2) is 24.3 Å². The van der Waals surface area contributed by atoms with E-state index in [1.807, 2.05) is 6.07 Å². The Labute approximate surface area is 169 Å². The maximum Gasteiger partial charge on any atom is 0.235 e. The number of nitrogens with one attached hydrogen (secondary N) is 1. The molecule has 0 saturated carbocycles. The Morgan fingerprint density at radius 2 is 1.96 bits per heavy atom. The van der Waals surface area contributed by atoms with Crippen LogP contribution in [0.25, 0.3) is 0 Å². The van der Waals surface area contributed by atoms with E-state index in [2.05, 4.69) is 10.3 Å². The summed E-state index contributed by atoms with van der Waals surface area (Å²) in [6, 6.07) is 8.33. The largest absolute Gasteiger partial charge is 0.355 e. The van der Waals surface area contributed by atoms with E-state index in [1.54, 1.807) is 35.6 Å². The highest BCUT2D eigenvalue weighted by molar-refractivity contribution is 7.91. The van der Waals surface area contributed by atoms with Crippen molar-refractivity contribution in [3.8, 4) is 6.07 Å². The van der Waals surface area contributed by atoms with Crippen LogP contribution < -0.4 is 5.32 Å². The first-order chi connectivity index (χ1) is 13.4.